The van der Waals surface area contributed by atoms with Gasteiger partial charge in [0.1, 0.15) is 0 Å². The fourth-order valence-corrected chi connectivity index (χ4v) is 2.55. The van der Waals surface area contributed by atoms with Crippen molar-refractivity contribution in [1.82, 2.24) is 4.98 Å². The zero-order chi connectivity index (χ0) is 14.8. The number of fused-ring (bicyclic) bond motifs is 1. The van der Waals surface area contributed by atoms with E-state index in [-0.39, 0.29) is 6.04 Å². The van der Waals surface area contributed by atoms with Crippen LogP contribution >= 0.6 is 0 Å². The molecule has 1 aromatic heterocycles. The first-order valence-corrected chi connectivity index (χ1v) is 7.03. The first kappa shape index (κ1) is 13.6. The van der Waals surface area contributed by atoms with Crippen LogP contribution in [0.15, 0.2) is 60.8 Å². The molecular formula is C18H19N3. The number of hydrogen-bond acceptors (Lipinski definition) is 3. The maximum atomic E-state index is 6.49. The van der Waals surface area contributed by atoms with E-state index in [0.29, 0.717) is 0 Å². The van der Waals surface area contributed by atoms with Crippen molar-refractivity contribution < 1.29 is 0 Å². The molecule has 1 atom stereocenters. The van der Waals surface area contributed by atoms with E-state index in [9.17, 15) is 0 Å². The van der Waals surface area contributed by atoms with Crippen molar-refractivity contribution in [3.63, 3.8) is 0 Å². The molecule has 0 saturated carbocycles. The summed E-state index contributed by atoms with van der Waals surface area (Å²) < 4.78 is 0. The van der Waals surface area contributed by atoms with Gasteiger partial charge in [-0.1, -0.05) is 36.4 Å². The average molecular weight is 277 g/mol. The minimum Gasteiger partial charge on any atom is -0.378 e. The summed E-state index contributed by atoms with van der Waals surface area (Å²) in [6, 6.07) is 18.3. The van der Waals surface area contributed by atoms with Crippen LogP contribution in [0.1, 0.15) is 17.2 Å². The summed E-state index contributed by atoms with van der Waals surface area (Å²) in [4.78, 5) is 6.58. The Kier molecular flexibility index (Phi) is 3.59. The summed E-state index contributed by atoms with van der Waals surface area (Å²) in [5.74, 6) is 0. The highest BCUT2D eigenvalue weighted by atomic mass is 15.1. The number of aromatic nitrogens is 1. The quantitative estimate of drug-likeness (QED) is 0.798. The summed E-state index contributed by atoms with van der Waals surface area (Å²) in [6.07, 6.45) is 1.81. The third-order valence-corrected chi connectivity index (χ3v) is 3.74. The van der Waals surface area contributed by atoms with E-state index in [4.69, 9.17) is 5.73 Å². The molecule has 0 aliphatic rings. The maximum absolute atomic E-state index is 6.49. The van der Waals surface area contributed by atoms with Crippen LogP contribution in [-0.2, 0) is 0 Å². The van der Waals surface area contributed by atoms with Crippen LogP contribution in [0.3, 0.4) is 0 Å². The summed E-state index contributed by atoms with van der Waals surface area (Å²) in [6.45, 7) is 0. The number of anilines is 1. The maximum Gasteiger partial charge on any atom is 0.0753 e. The smallest absolute Gasteiger partial charge is 0.0753 e. The normalized spacial score (nSPS) is 12.3. The van der Waals surface area contributed by atoms with Gasteiger partial charge in [0, 0.05) is 31.4 Å². The predicted octanol–water partition coefficient (Wildman–Crippen LogP) is 3.35. The van der Waals surface area contributed by atoms with Gasteiger partial charge < -0.3 is 10.6 Å². The van der Waals surface area contributed by atoms with Crippen LogP contribution in [0.5, 0.6) is 0 Å². The molecule has 0 aliphatic heterocycles. The number of nitrogens with zero attached hydrogens (tertiary/aromatic N) is 2. The van der Waals surface area contributed by atoms with E-state index in [1.807, 2.05) is 38.5 Å². The van der Waals surface area contributed by atoms with Crippen molar-refractivity contribution in [3.8, 4) is 0 Å². The number of para-hydroxylation sites is 1. The van der Waals surface area contributed by atoms with Crippen LogP contribution in [0, 0.1) is 0 Å². The lowest BCUT2D eigenvalue weighted by Crippen LogP contribution is -2.14. The highest BCUT2D eigenvalue weighted by Gasteiger charge is 2.13. The summed E-state index contributed by atoms with van der Waals surface area (Å²) >= 11 is 0. The lowest BCUT2D eigenvalue weighted by atomic mass is 9.96. The topological polar surface area (TPSA) is 42.1 Å². The molecule has 21 heavy (non-hydrogen) atoms. The van der Waals surface area contributed by atoms with Crippen LogP contribution in [-0.4, -0.2) is 19.1 Å². The van der Waals surface area contributed by atoms with Crippen molar-refractivity contribution in [1.29, 1.82) is 0 Å². The van der Waals surface area contributed by atoms with Gasteiger partial charge in [0.15, 0.2) is 0 Å². The minimum atomic E-state index is -0.177. The van der Waals surface area contributed by atoms with Gasteiger partial charge in [0.2, 0.25) is 0 Å². The SMILES string of the molecule is CN(C)c1cccc(C(N)c2cccc3cccnc23)c1. The molecular weight excluding hydrogens is 258 g/mol. The second-order valence-electron chi connectivity index (χ2n) is 5.39. The van der Waals surface area contributed by atoms with E-state index in [1.165, 1.54) is 0 Å². The fourth-order valence-electron chi connectivity index (χ4n) is 2.55. The average Bonchev–Trinajstić information content (AvgIpc) is 2.53. The zero-order valence-corrected chi connectivity index (χ0v) is 12.3. The number of hydrogen-bond donors (Lipinski definition) is 1. The Balaban J connectivity index is 2.08. The molecule has 1 heterocycles. The lowest BCUT2D eigenvalue weighted by molar-refractivity contribution is 0.876. The van der Waals surface area contributed by atoms with Gasteiger partial charge in [0.05, 0.1) is 11.6 Å². The number of benzene rings is 2. The van der Waals surface area contributed by atoms with E-state index < -0.39 is 0 Å². The molecule has 0 bridgehead atoms. The Bertz CT molecular complexity index is 760. The molecule has 3 aromatic rings. The Morgan fingerprint density at radius 2 is 1.76 bits per heavy atom. The molecule has 0 saturated heterocycles. The molecule has 0 fully saturated rings. The van der Waals surface area contributed by atoms with Gasteiger partial charge in [-0.25, -0.2) is 0 Å². The second kappa shape index (κ2) is 5.54. The first-order valence-electron chi connectivity index (χ1n) is 7.03. The Hall–Kier alpha value is -2.39. The van der Waals surface area contributed by atoms with Crippen LogP contribution in [0.2, 0.25) is 0 Å². The summed E-state index contributed by atoms with van der Waals surface area (Å²) in [7, 11) is 4.06. The Labute approximate surface area is 125 Å². The largest absolute Gasteiger partial charge is 0.378 e. The van der Waals surface area contributed by atoms with E-state index >= 15 is 0 Å². The van der Waals surface area contributed by atoms with Gasteiger partial charge in [0.25, 0.3) is 0 Å². The third-order valence-electron chi connectivity index (χ3n) is 3.74. The summed E-state index contributed by atoms with van der Waals surface area (Å²) in [5.41, 5.74) is 10.8. The van der Waals surface area contributed by atoms with Crippen LogP contribution < -0.4 is 10.6 Å². The molecule has 2 aromatic carbocycles. The Morgan fingerprint density at radius 3 is 2.57 bits per heavy atom. The van der Waals surface area contributed by atoms with Crippen molar-refractivity contribution in [3.05, 3.63) is 71.9 Å². The summed E-state index contributed by atoms with van der Waals surface area (Å²) in [5, 5.41) is 1.12. The minimum absolute atomic E-state index is 0.177. The molecule has 0 aliphatic carbocycles. The molecule has 2 N–H and O–H groups in total. The third kappa shape index (κ3) is 2.60. The molecule has 0 radical (unpaired) electrons. The number of pyridine rings is 1. The molecule has 106 valence electrons. The van der Waals surface area contributed by atoms with Gasteiger partial charge in [-0.15, -0.1) is 0 Å². The lowest BCUT2D eigenvalue weighted by Gasteiger charge is -2.18. The van der Waals surface area contributed by atoms with E-state index in [1.54, 1.807) is 0 Å². The van der Waals surface area contributed by atoms with E-state index in [0.717, 1.165) is 27.7 Å². The molecule has 3 heteroatoms. The fraction of sp³-hybridized carbons (Fsp3) is 0.167. The molecule has 0 spiro atoms. The first-order chi connectivity index (χ1) is 10.2. The van der Waals surface area contributed by atoms with Crippen molar-refractivity contribution in [2.45, 2.75) is 6.04 Å². The molecule has 1 unspecified atom stereocenters. The van der Waals surface area contributed by atoms with Gasteiger partial charge in [-0.05, 0) is 29.3 Å². The van der Waals surface area contributed by atoms with Gasteiger partial charge >= 0.3 is 0 Å². The monoisotopic (exact) mass is 277 g/mol. The van der Waals surface area contributed by atoms with Gasteiger partial charge in [-0.3, -0.25) is 4.98 Å². The van der Waals surface area contributed by atoms with Crippen LogP contribution in [0.4, 0.5) is 5.69 Å². The predicted molar refractivity (Wildman–Crippen MR) is 88.5 cm³/mol. The van der Waals surface area contributed by atoms with Gasteiger partial charge in [-0.2, -0.15) is 0 Å². The standard InChI is InChI=1S/C18H19N3/c1-21(2)15-9-3-7-14(12-15)17(19)16-10-4-6-13-8-5-11-20-18(13)16/h3-12,17H,19H2,1-2H3. The molecule has 3 nitrogen and oxygen atoms in total. The van der Waals surface area contributed by atoms with E-state index in [2.05, 4.69) is 46.3 Å². The molecule has 0 amide bonds. The highest BCUT2D eigenvalue weighted by Crippen LogP contribution is 2.27. The highest BCUT2D eigenvalue weighted by molar-refractivity contribution is 5.82. The zero-order valence-electron chi connectivity index (χ0n) is 12.3. The number of nitrogens with two attached hydrogens (primary N) is 1. The number of rotatable bonds is 3. The second-order valence-corrected chi connectivity index (χ2v) is 5.39. The van der Waals surface area contributed by atoms with Crippen molar-refractivity contribution in [2.24, 2.45) is 5.73 Å². The molecule has 3 rings (SSSR count). The van der Waals surface area contributed by atoms with Crippen molar-refractivity contribution in [2.75, 3.05) is 19.0 Å². The van der Waals surface area contributed by atoms with Crippen molar-refractivity contribution >= 4 is 16.6 Å². The van der Waals surface area contributed by atoms with Crippen LogP contribution in [0.25, 0.3) is 10.9 Å². The Morgan fingerprint density at radius 1 is 1.00 bits per heavy atom.